The predicted octanol–water partition coefficient (Wildman–Crippen LogP) is 5.34. The summed E-state index contributed by atoms with van der Waals surface area (Å²) in [6, 6.07) is 18.4. The molecule has 0 amide bonds. The van der Waals surface area contributed by atoms with E-state index >= 15 is 0 Å². The molecule has 0 aliphatic heterocycles. The average Bonchev–Trinajstić information content (AvgIpc) is 3.47. The first-order chi connectivity index (χ1) is 17.4. The van der Waals surface area contributed by atoms with Crippen molar-refractivity contribution in [3.63, 3.8) is 0 Å². The third kappa shape index (κ3) is 3.23. The van der Waals surface area contributed by atoms with Gasteiger partial charge in [-0.1, -0.05) is 31.0 Å². The van der Waals surface area contributed by atoms with Gasteiger partial charge in [0.2, 0.25) is 5.78 Å². The molecule has 0 aliphatic rings. The number of nitrogens with zero attached hydrogens (tertiary/aromatic N) is 6. The quantitative estimate of drug-likeness (QED) is 0.351. The van der Waals surface area contributed by atoms with Gasteiger partial charge in [-0.2, -0.15) is 0 Å². The van der Waals surface area contributed by atoms with Crippen LogP contribution in [0.25, 0.3) is 44.5 Å². The summed E-state index contributed by atoms with van der Waals surface area (Å²) in [4.78, 5) is 9.05. The fourth-order valence-electron chi connectivity index (χ4n) is 4.71. The number of aromatic nitrogens is 6. The summed E-state index contributed by atoms with van der Waals surface area (Å²) in [5, 5.41) is 10.0. The molecule has 0 bridgehead atoms. The van der Waals surface area contributed by atoms with Gasteiger partial charge in [0.05, 0.1) is 28.2 Å². The fourth-order valence-corrected chi connectivity index (χ4v) is 4.71. The Morgan fingerprint density at radius 3 is 2.42 bits per heavy atom. The number of hydrogen-bond donors (Lipinski definition) is 1. The van der Waals surface area contributed by atoms with E-state index in [4.69, 9.17) is 17.1 Å². The number of benzene rings is 2. The second-order valence-electron chi connectivity index (χ2n) is 9.45. The van der Waals surface area contributed by atoms with Crippen LogP contribution < -0.4 is 5.73 Å². The predicted molar refractivity (Wildman–Crippen MR) is 144 cm³/mol. The van der Waals surface area contributed by atoms with Gasteiger partial charge in [-0.05, 0) is 61.4 Å². The van der Waals surface area contributed by atoms with Crippen LogP contribution in [0.4, 0.5) is 5.82 Å². The molecule has 4 heterocycles. The Bertz CT molecular complexity index is 1800. The Kier molecular flexibility index (Phi) is 4.80. The summed E-state index contributed by atoms with van der Waals surface area (Å²) in [5.41, 5.74) is 12.4. The number of hydrogen-bond acceptors (Lipinski definition) is 5. The lowest BCUT2D eigenvalue weighted by Gasteiger charge is -2.18. The normalized spacial score (nSPS) is 11.9. The fraction of sp³-hybridized carbons (Fsp3) is 0.172. The number of fused-ring (bicyclic) bond motifs is 5. The molecule has 36 heavy (non-hydrogen) atoms. The van der Waals surface area contributed by atoms with Crippen LogP contribution in [-0.2, 0) is 11.8 Å². The van der Waals surface area contributed by atoms with E-state index in [1.54, 1.807) is 6.20 Å². The highest BCUT2D eigenvalue weighted by molar-refractivity contribution is 6.06. The van der Waals surface area contributed by atoms with Crippen molar-refractivity contribution in [1.29, 1.82) is 0 Å². The Labute approximate surface area is 208 Å². The standard InChI is InChI=1S/C29H25N7/c1-5-26-33-34-28-35(21-11-9-20(10-12-21)29(3,4)6-2)27-22-15-18(19-8-14-25(30)32-16-19)7-13-23(22)31-17-24(27)36(26)28/h2,7-17H,5H2,1,3-4H3,(H2,30,32). The number of nitrogen functional groups attached to an aromatic ring is 1. The van der Waals surface area contributed by atoms with E-state index in [9.17, 15) is 0 Å². The molecule has 6 rings (SSSR count). The summed E-state index contributed by atoms with van der Waals surface area (Å²) in [6.07, 6.45) is 10.2. The van der Waals surface area contributed by atoms with Gasteiger partial charge < -0.3 is 5.73 Å². The summed E-state index contributed by atoms with van der Waals surface area (Å²) in [6.45, 7) is 6.17. The molecule has 0 radical (unpaired) electrons. The molecule has 0 spiro atoms. The molecule has 6 aromatic rings. The van der Waals surface area contributed by atoms with Gasteiger partial charge in [0.25, 0.3) is 0 Å². The van der Waals surface area contributed by atoms with Crippen LogP contribution in [0.1, 0.15) is 32.2 Å². The van der Waals surface area contributed by atoms with Gasteiger partial charge in [-0.25, -0.2) is 4.98 Å². The zero-order valence-corrected chi connectivity index (χ0v) is 20.4. The van der Waals surface area contributed by atoms with Gasteiger partial charge in [-0.3, -0.25) is 14.0 Å². The van der Waals surface area contributed by atoms with Gasteiger partial charge in [0.1, 0.15) is 11.6 Å². The molecule has 0 fully saturated rings. The van der Waals surface area contributed by atoms with Crippen molar-refractivity contribution in [3.8, 4) is 29.2 Å². The third-order valence-electron chi connectivity index (χ3n) is 6.84. The Morgan fingerprint density at radius 2 is 1.72 bits per heavy atom. The van der Waals surface area contributed by atoms with E-state index in [1.165, 1.54) is 0 Å². The van der Waals surface area contributed by atoms with Crippen LogP contribution >= 0.6 is 0 Å². The minimum Gasteiger partial charge on any atom is -0.384 e. The van der Waals surface area contributed by atoms with Crippen molar-refractivity contribution in [2.75, 3.05) is 5.73 Å². The maximum absolute atomic E-state index is 5.81. The lowest BCUT2D eigenvalue weighted by atomic mass is 9.86. The number of rotatable bonds is 4. The van der Waals surface area contributed by atoms with Gasteiger partial charge in [-0.15, -0.1) is 16.6 Å². The zero-order chi connectivity index (χ0) is 25.0. The second kappa shape index (κ2) is 7.92. The largest absolute Gasteiger partial charge is 0.384 e. The van der Waals surface area contributed by atoms with Crippen LogP contribution in [0.15, 0.2) is 67.0 Å². The van der Waals surface area contributed by atoms with Crippen molar-refractivity contribution < 1.29 is 0 Å². The first-order valence-electron chi connectivity index (χ1n) is 11.9. The Hall–Kier alpha value is -4.70. The first kappa shape index (κ1) is 21.8. The van der Waals surface area contributed by atoms with E-state index < -0.39 is 0 Å². The molecule has 0 saturated carbocycles. The number of aryl methyl sites for hydroxylation is 1. The van der Waals surface area contributed by atoms with E-state index in [1.807, 2.05) is 38.2 Å². The van der Waals surface area contributed by atoms with Crippen LogP contribution in [0.5, 0.6) is 0 Å². The number of nitrogens with two attached hydrogens (primary N) is 1. The molecule has 0 saturated heterocycles. The number of pyridine rings is 2. The van der Waals surface area contributed by atoms with Crippen LogP contribution in [0, 0.1) is 12.3 Å². The first-order valence-corrected chi connectivity index (χ1v) is 11.9. The smallest absolute Gasteiger partial charge is 0.241 e. The lowest BCUT2D eigenvalue weighted by molar-refractivity contribution is 0.699. The highest BCUT2D eigenvalue weighted by atomic mass is 15.3. The molecule has 7 heteroatoms. The molecule has 7 nitrogen and oxygen atoms in total. The SMILES string of the molecule is C#CC(C)(C)c1ccc(-n2c3c4cc(-c5ccc(N)nc5)ccc4ncc3n3c(CC)nnc23)cc1. The second-order valence-corrected chi connectivity index (χ2v) is 9.45. The number of terminal acetylenes is 1. The summed E-state index contributed by atoms with van der Waals surface area (Å²) in [7, 11) is 0. The van der Waals surface area contributed by atoms with Crippen LogP contribution in [0.2, 0.25) is 0 Å². The topological polar surface area (TPSA) is 86.9 Å². The van der Waals surface area contributed by atoms with E-state index in [0.717, 1.165) is 62.3 Å². The molecule has 4 aromatic heterocycles. The average molecular weight is 472 g/mol. The number of imidazole rings is 1. The lowest BCUT2D eigenvalue weighted by Crippen LogP contribution is -2.13. The highest BCUT2D eigenvalue weighted by Gasteiger charge is 2.22. The Morgan fingerprint density at radius 1 is 0.944 bits per heavy atom. The minimum absolute atomic E-state index is 0.352. The maximum Gasteiger partial charge on any atom is 0.241 e. The summed E-state index contributed by atoms with van der Waals surface area (Å²) in [5.74, 6) is 5.01. The number of anilines is 1. The minimum atomic E-state index is -0.352. The Balaban J connectivity index is 1.67. The molecule has 0 unspecified atom stereocenters. The molecule has 2 N–H and O–H groups in total. The van der Waals surface area contributed by atoms with E-state index in [-0.39, 0.29) is 5.41 Å². The molecule has 0 aliphatic carbocycles. The highest BCUT2D eigenvalue weighted by Crippen LogP contribution is 2.34. The monoisotopic (exact) mass is 471 g/mol. The van der Waals surface area contributed by atoms with E-state index in [2.05, 4.69) is 73.4 Å². The third-order valence-corrected chi connectivity index (χ3v) is 6.84. The summed E-state index contributed by atoms with van der Waals surface area (Å²) >= 11 is 0. The van der Waals surface area contributed by atoms with Gasteiger partial charge >= 0.3 is 0 Å². The molecule has 2 aromatic carbocycles. The van der Waals surface area contributed by atoms with Crippen molar-refractivity contribution in [2.45, 2.75) is 32.6 Å². The van der Waals surface area contributed by atoms with Crippen LogP contribution in [-0.4, -0.2) is 29.1 Å². The van der Waals surface area contributed by atoms with Crippen molar-refractivity contribution >= 4 is 33.5 Å². The van der Waals surface area contributed by atoms with Crippen molar-refractivity contribution in [3.05, 3.63) is 78.4 Å². The van der Waals surface area contributed by atoms with Crippen molar-refractivity contribution in [1.82, 2.24) is 29.1 Å². The van der Waals surface area contributed by atoms with E-state index in [0.29, 0.717) is 5.82 Å². The molecular formula is C29H25N7. The van der Waals surface area contributed by atoms with Gasteiger partial charge in [0.15, 0.2) is 0 Å². The van der Waals surface area contributed by atoms with Crippen molar-refractivity contribution in [2.24, 2.45) is 0 Å². The van der Waals surface area contributed by atoms with Gasteiger partial charge in [0, 0.05) is 29.3 Å². The zero-order valence-electron chi connectivity index (χ0n) is 20.4. The van der Waals surface area contributed by atoms with Crippen LogP contribution in [0.3, 0.4) is 0 Å². The molecule has 0 atom stereocenters. The maximum atomic E-state index is 5.81. The summed E-state index contributed by atoms with van der Waals surface area (Å²) < 4.78 is 4.25. The molecule has 176 valence electrons. The molecular weight excluding hydrogens is 446 g/mol.